The quantitative estimate of drug-likeness (QED) is 0.284. The van der Waals surface area contributed by atoms with E-state index in [9.17, 15) is 14.4 Å². The van der Waals surface area contributed by atoms with Crippen molar-refractivity contribution in [3.05, 3.63) is 124 Å². The summed E-state index contributed by atoms with van der Waals surface area (Å²) in [6.45, 7) is 4.36. The molecule has 1 aromatic heterocycles. The molecule has 2 aliphatic heterocycles. The van der Waals surface area contributed by atoms with Crippen LogP contribution in [0.5, 0.6) is 0 Å². The van der Waals surface area contributed by atoms with Gasteiger partial charge in [-0.1, -0.05) is 65.9 Å². The fraction of sp³-hybridized carbons (Fsp3) is 0.182. The lowest BCUT2D eigenvalue weighted by molar-refractivity contribution is -0.114. The minimum atomic E-state index is -0.158. The van der Waals surface area contributed by atoms with Gasteiger partial charge in [-0.2, -0.15) is 0 Å². The van der Waals surface area contributed by atoms with E-state index in [1.165, 1.54) is 18.0 Å². The van der Waals surface area contributed by atoms with Crippen LogP contribution in [-0.4, -0.2) is 53.7 Å². The van der Waals surface area contributed by atoms with Crippen LogP contribution >= 0.6 is 11.8 Å². The SMILES string of the molecule is Cc1cccc(CN2C(=O)C(=Cc3ccc(C(=O)N4CCN(C(=O)c5ccco5)CC4)cc3)Sc3ccccc32)c1. The second-order valence-corrected chi connectivity index (χ2v) is 11.2. The number of anilines is 1. The number of hydrogen-bond acceptors (Lipinski definition) is 5. The highest BCUT2D eigenvalue weighted by Gasteiger charge is 2.30. The fourth-order valence-electron chi connectivity index (χ4n) is 5.14. The van der Waals surface area contributed by atoms with Crippen molar-refractivity contribution in [1.82, 2.24) is 9.80 Å². The van der Waals surface area contributed by atoms with Gasteiger partial charge in [0.25, 0.3) is 17.7 Å². The number of benzene rings is 3. The first-order valence-corrected chi connectivity index (χ1v) is 14.4. The third kappa shape index (κ3) is 5.69. The topological polar surface area (TPSA) is 74.1 Å². The number of carbonyl (C=O) groups is 3. The molecule has 2 aliphatic rings. The summed E-state index contributed by atoms with van der Waals surface area (Å²) >= 11 is 1.47. The largest absolute Gasteiger partial charge is 0.459 e. The summed E-state index contributed by atoms with van der Waals surface area (Å²) in [7, 11) is 0. The van der Waals surface area contributed by atoms with Crippen LogP contribution in [0.3, 0.4) is 0 Å². The number of amides is 3. The summed E-state index contributed by atoms with van der Waals surface area (Å²) < 4.78 is 5.22. The Hall–Kier alpha value is -4.56. The van der Waals surface area contributed by atoms with Gasteiger partial charge in [-0.3, -0.25) is 14.4 Å². The Kier molecular flexibility index (Phi) is 7.48. The Bertz CT molecular complexity index is 1620. The summed E-state index contributed by atoms with van der Waals surface area (Å²) in [5.41, 5.74) is 4.57. The molecular weight excluding hydrogens is 534 g/mol. The first-order valence-electron chi connectivity index (χ1n) is 13.5. The predicted molar refractivity (Wildman–Crippen MR) is 160 cm³/mol. The Morgan fingerprint density at radius 3 is 2.29 bits per heavy atom. The first kappa shape index (κ1) is 26.7. The Labute approximate surface area is 243 Å². The van der Waals surface area contributed by atoms with Gasteiger partial charge in [-0.15, -0.1) is 0 Å². The summed E-state index contributed by atoms with van der Waals surface area (Å²) in [6, 6.07) is 26.8. The Balaban J connectivity index is 1.15. The number of nitrogens with zero attached hydrogens (tertiary/aromatic N) is 3. The van der Waals surface area contributed by atoms with Crippen LogP contribution < -0.4 is 4.90 Å². The molecule has 0 radical (unpaired) electrons. The number of furan rings is 1. The van der Waals surface area contributed by atoms with Gasteiger partial charge in [0.2, 0.25) is 0 Å². The highest BCUT2D eigenvalue weighted by Crippen LogP contribution is 2.42. The molecule has 6 rings (SSSR count). The Morgan fingerprint density at radius 2 is 1.59 bits per heavy atom. The fourth-order valence-corrected chi connectivity index (χ4v) is 6.20. The molecule has 3 heterocycles. The molecule has 1 fully saturated rings. The van der Waals surface area contributed by atoms with E-state index in [4.69, 9.17) is 4.42 Å². The summed E-state index contributed by atoms with van der Waals surface area (Å²) in [5, 5.41) is 0. The number of piperazine rings is 1. The van der Waals surface area contributed by atoms with Crippen molar-refractivity contribution in [2.45, 2.75) is 18.4 Å². The molecular formula is C33H29N3O4S. The number of hydrogen-bond donors (Lipinski definition) is 0. The maximum Gasteiger partial charge on any atom is 0.289 e. The molecule has 0 unspecified atom stereocenters. The third-order valence-electron chi connectivity index (χ3n) is 7.30. The highest BCUT2D eigenvalue weighted by atomic mass is 32.2. The highest BCUT2D eigenvalue weighted by molar-refractivity contribution is 8.04. The molecule has 0 bridgehead atoms. The zero-order valence-electron chi connectivity index (χ0n) is 22.7. The smallest absolute Gasteiger partial charge is 0.289 e. The first-order chi connectivity index (χ1) is 20.0. The molecule has 8 heteroatoms. The van der Waals surface area contributed by atoms with Crippen LogP contribution in [0.15, 0.2) is 105 Å². The maximum absolute atomic E-state index is 13.7. The van der Waals surface area contributed by atoms with E-state index in [0.717, 1.165) is 27.3 Å². The van der Waals surface area contributed by atoms with Crippen molar-refractivity contribution < 1.29 is 18.8 Å². The number of fused-ring (bicyclic) bond motifs is 1. The molecule has 0 spiro atoms. The average Bonchev–Trinajstić information content (AvgIpc) is 3.54. The second kappa shape index (κ2) is 11.5. The zero-order valence-corrected chi connectivity index (χ0v) is 23.5. The second-order valence-electron chi connectivity index (χ2n) is 10.1. The van der Waals surface area contributed by atoms with E-state index in [-0.39, 0.29) is 17.7 Å². The molecule has 0 atom stereocenters. The lowest BCUT2D eigenvalue weighted by Crippen LogP contribution is -2.50. The predicted octanol–water partition coefficient (Wildman–Crippen LogP) is 5.87. The summed E-state index contributed by atoms with van der Waals surface area (Å²) in [6.07, 6.45) is 3.37. The molecule has 7 nitrogen and oxygen atoms in total. The van der Waals surface area contributed by atoms with Crippen molar-refractivity contribution in [2.24, 2.45) is 0 Å². The van der Waals surface area contributed by atoms with Crippen LogP contribution in [0.2, 0.25) is 0 Å². The molecule has 3 aromatic carbocycles. The minimum absolute atomic E-state index is 0.0441. The molecule has 206 valence electrons. The van der Waals surface area contributed by atoms with Crippen LogP contribution in [0, 0.1) is 6.92 Å². The third-order valence-corrected chi connectivity index (χ3v) is 8.37. The van der Waals surface area contributed by atoms with Gasteiger partial charge in [0.05, 0.1) is 23.4 Å². The number of aryl methyl sites for hydroxylation is 1. The van der Waals surface area contributed by atoms with Crippen LogP contribution in [0.1, 0.15) is 37.6 Å². The van der Waals surface area contributed by atoms with Crippen molar-refractivity contribution in [1.29, 1.82) is 0 Å². The maximum atomic E-state index is 13.7. The lowest BCUT2D eigenvalue weighted by Gasteiger charge is -2.34. The van der Waals surface area contributed by atoms with Crippen LogP contribution in [-0.2, 0) is 11.3 Å². The standard InChI is InChI=1S/C33H29N3O4S/c1-23-6-4-7-25(20-23)22-36-27-8-2-3-10-29(27)41-30(33(36)39)21-24-11-13-26(14-12-24)31(37)34-15-17-35(18-16-34)32(38)28-9-5-19-40-28/h2-14,19-21H,15-18,22H2,1H3. The minimum Gasteiger partial charge on any atom is -0.459 e. The van der Waals surface area contributed by atoms with E-state index < -0.39 is 0 Å². The van der Waals surface area contributed by atoms with E-state index >= 15 is 0 Å². The summed E-state index contributed by atoms with van der Waals surface area (Å²) in [4.78, 5) is 46.3. The summed E-state index contributed by atoms with van der Waals surface area (Å²) in [5.74, 6) is 0.0357. The lowest BCUT2D eigenvalue weighted by atomic mass is 10.1. The van der Waals surface area contributed by atoms with Crippen molar-refractivity contribution in [3.8, 4) is 0 Å². The zero-order chi connectivity index (χ0) is 28.3. The van der Waals surface area contributed by atoms with E-state index in [2.05, 4.69) is 19.1 Å². The molecule has 3 amide bonds. The van der Waals surface area contributed by atoms with Gasteiger partial charge < -0.3 is 19.1 Å². The average molecular weight is 564 g/mol. The normalized spacial score (nSPS) is 16.2. The van der Waals surface area contributed by atoms with Gasteiger partial charge in [0.15, 0.2) is 5.76 Å². The van der Waals surface area contributed by atoms with E-state index in [0.29, 0.717) is 49.0 Å². The molecule has 0 N–H and O–H groups in total. The van der Waals surface area contributed by atoms with E-state index in [1.807, 2.05) is 59.5 Å². The monoisotopic (exact) mass is 563 g/mol. The Morgan fingerprint density at radius 1 is 0.854 bits per heavy atom. The van der Waals surface area contributed by atoms with Crippen molar-refractivity contribution in [2.75, 3.05) is 31.1 Å². The van der Waals surface area contributed by atoms with Crippen molar-refractivity contribution in [3.63, 3.8) is 0 Å². The number of para-hydroxylation sites is 1. The molecule has 1 saturated heterocycles. The molecule has 0 aliphatic carbocycles. The van der Waals surface area contributed by atoms with E-state index in [1.54, 1.807) is 34.1 Å². The number of thioether (sulfide) groups is 1. The van der Waals surface area contributed by atoms with Crippen LogP contribution in [0.25, 0.3) is 6.08 Å². The van der Waals surface area contributed by atoms with Gasteiger partial charge in [-0.05, 0) is 60.5 Å². The van der Waals surface area contributed by atoms with Gasteiger partial charge in [0, 0.05) is 36.6 Å². The van der Waals surface area contributed by atoms with Gasteiger partial charge >= 0.3 is 0 Å². The number of carbonyl (C=O) groups excluding carboxylic acids is 3. The molecule has 4 aromatic rings. The van der Waals surface area contributed by atoms with Gasteiger partial charge in [-0.25, -0.2) is 0 Å². The number of rotatable bonds is 5. The van der Waals surface area contributed by atoms with Crippen molar-refractivity contribution >= 4 is 41.2 Å². The van der Waals surface area contributed by atoms with Crippen LogP contribution in [0.4, 0.5) is 5.69 Å². The molecule has 0 saturated carbocycles. The molecule has 41 heavy (non-hydrogen) atoms. The van der Waals surface area contributed by atoms with Gasteiger partial charge in [0.1, 0.15) is 0 Å².